The first-order valence-corrected chi connectivity index (χ1v) is 18.8. The van der Waals surface area contributed by atoms with Gasteiger partial charge in [-0.25, -0.2) is 0 Å². The summed E-state index contributed by atoms with van der Waals surface area (Å²) in [6, 6.07) is 73.9. The van der Waals surface area contributed by atoms with Gasteiger partial charge in [-0.1, -0.05) is 140 Å². The topological polar surface area (TPSA) is 21.3 Å². The monoisotopic (exact) mass is 702 g/mol. The number of anilines is 3. The Morgan fingerprint density at radius 3 is 1.87 bits per heavy atom. The fourth-order valence-corrected chi connectivity index (χ4v) is 8.54. The van der Waals surface area contributed by atoms with Crippen molar-refractivity contribution in [3.8, 4) is 27.9 Å². The zero-order valence-electron chi connectivity index (χ0n) is 29.9. The largest absolute Gasteiger partial charge is 0.456 e. The van der Waals surface area contributed by atoms with Crippen molar-refractivity contribution in [2.24, 2.45) is 0 Å². The number of rotatable bonds is 6. The summed E-state index contributed by atoms with van der Waals surface area (Å²) in [5, 5.41) is 7.18. The van der Waals surface area contributed by atoms with Crippen LogP contribution < -0.4 is 4.90 Å². The van der Waals surface area contributed by atoms with Gasteiger partial charge in [-0.15, -0.1) is 0 Å². The van der Waals surface area contributed by atoms with Crippen LogP contribution >= 0.6 is 0 Å². The lowest BCUT2D eigenvalue weighted by atomic mass is 9.93. The summed E-state index contributed by atoms with van der Waals surface area (Å²) in [6.07, 6.45) is 0. The Balaban J connectivity index is 1.14. The number of aromatic nitrogens is 1. The van der Waals surface area contributed by atoms with Crippen LogP contribution in [0.1, 0.15) is 0 Å². The van der Waals surface area contributed by atoms with E-state index in [0.717, 1.165) is 55.8 Å². The van der Waals surface area contributed by atoms with E-state index >= 15 is 0 Å². The molecule has 9 aromatic carbocycles. The van der Waals surface area contributed by atoms with E-state index in [-0.39, 0.29) is 0 Å². The smallest absolute Gasteiger partial charge is 0.137 e. The molecule has 0 unspecified atom stereocenters. The Bertz CT molecular complexity index is 3190. The van der Waals surface area contributed by atoms with E-state index in [2.05, 4.69) is 204 Å². The number of hydrogen-bond acceptors (Lipinski definition) is 2. The Hall–Kier alpha value is -7.36. The Labute approximate surface area is 318 Å². The van der Waals surface area contributed by atoms with Crippen LogP contribution in [-0.2, 0) is 0 Å². The fraction of sp³-hybridized carbons (Fsp3) is 0. The van der Waals surface area contributed by atoms with Crippen LogP contribution in [-0.4, -0.2) is 4.57 Å². The minimum absolute atomic E-state index is 0.866. The highest BCUT2D eigenvalue weighted by atomic mass is 16.3. The number of benzene rings is 9. The van der Waals surface area contributed by atoms with Crippen LogP contribution in [0.3, 0.4) is 0 Å². The molecule has 0 N–H and O–H groups in total. The average Bonchev–Trinajstić information content (AvgIpc) is 3.79. The number of hydrogen-bond donors (Lipinski definition) is 0. The van der Waals surface area contributed by atoms with Crippen molar-refractivity contribution in [1.82, 2.24) is 4.57 Å². The van der Waals surface area contributed by atoms with Crippen LogP contribution in [0.4, 0.5) is 17.1 Å². The van der Waals surface area contributed by atoms with Crippen molar-refractivity contribution in [2.75, 3.05) is 4.90 Å². The third kappa shape index (κ3) is 5.05. The van der Waals surface area contributed by atoms with Gasteiger partial charge in [-0.05, 0) is 88.1 Å². The van der Waals surface area contributed by atoms with Gasteiger partial charge in [0, 0.05) is 50.2 Å². The van der Waals surface area contributed by atoms with Gasteiger partial charge in [0.25, 0.3) is 0 Å². The van der Waals surface area contributed by atoms with E-state index in [9.17, 15) is 0 Å². The first kappa shape index (κ1) is 31.2. The van der Waals surface area contributed by atoms with E-state index in [1.54, 1.807) is 0 Å². The van der Waals surface area contributed by atoms with Gasteiger partial charge in [0.1, 0.15) is 11.2 Å². The number of furan rings is 1. The van der Waals surface area contributed by atoms with Gasteiger partial charge in [0.05, 0.1) is 16.7 Å². The maximum atomic E-state index is 6.43. The maximum Gasteiger partial charge on any atom is 0.137 e. The zero-order valence-corrected chi connectivity index (χ0v) is 29.9. The molecule has 0 radical (unpaired) electrons. The van der Waals surface area contributed by atoms with Crippen molar-refractivity contribution < 1.29 is 4.42 Å². The molecule has 0 fully saturated rings. The third-order valence-corrected chi connectivity index (χ3v) is 11.0. The summed E-state index contributed by atoms with van der Waals surface area (Å²) in [7, 11) is 0. The van der Waals surface area contributed by atoms with Gasteiger partial charge in [-0.2, -0.15) is 0 Å². The van der Waals surface area contributed by atoms with E-state index < -0.39 is 0 Å². The number of para-hydroxylation sites is 4. The Kier molecular flexibility index (Phi) is 7.17. The Morgan fingerprint density at radius 1 is 0.400 bits per heavy atom. The molecule has 3 nitrogen and oxygen atoms in total. The lowest BCUT2D eigenvalue weighted by Gasteiger charge is -2.28. The molecule has 0 aliphatic carbocycles. The number of nitrogens with zero attached hydrogens (tertiary/aromatic N) is 2. The van der Waals surface area contributed by atoms with E-state index in [1.165, 1.54) is 43.7 Å². The molecule has 0 saturated carbocycles. The van der Waals surface area contributed by atoms with Crippen molar-refractivity contribution in [1.29, 1.82) is 0 Å². The standard InChI is InChI=1S/C52H34N2O/c1-3-15-35(16-4-1)41-20-9-12-24-46(41)53(40-31-32-44-43-22-11-14-26-49(43)55-50(44)34-40)39-29-27-36(28-30-39)51-42-21-8-7-17-37(42)33-48-52(51)45-23-10-13-25-47(45)54(48)38-18-5-2-6-19-38/h1-34H. The highest BCUT2D eigenvalue weighted by molar-refractivity contribution is 6.23. The van der Waals surface area contributed by atoms with Crippen LogP contribution in [0.5, 0.6) is 0 Å². The highest BCUT2D eigenvalue weighted by Crippen LogP contribution is 2.46. The van der Waals surface area contributed by atoms with Gasteiger partial charge in [-0.3, -0.25) is 0 Å². The molecule has 55 heavy (non-hydrogen) atoms. The molecule has 0 spiro atoms. The molecular weight excluding hydrogens is 669 g/mol. The Morgan fingerprint density at radius 2 is 1.04 bits per heavy atom. The molecule has 3 heteroatoms. The minimum atomic E-state index is 0.866. The molecule has 11 aromatic rings. The zero-order chi connectivity index (χ0) is 36.3. The summed E-state index contributed by atoms with van der Waals surface area (Å²) in [4.78, 5) is 2.36. The van der Waals surface area contributed by atoms with Gasteiger partial charge >= 0.3 is 0 Å². The minimum Gasteiger partial charge on any atom is -0.456 e. The average molecular weight is 703 g/mol. The van der Waals surface area contributed by atoms with Gasteiger partial charge in [0.2, 0.25) is 0 Å². The molecule has 258 valence electrons. The first-order valence-electron chi connectivity index (χ1n) is 18.8. The molecule has 0 atom stereocenters. The second kappa shape index (κ2) is 12.6. The van der Waals surface area contributed by atoms with Crippen molar-refractivity contribution in [3.05, 3.63) is 206 Å². The highest BCUT2D eigenvalue weighted by Gasteiger charge is 2.22. The third-order valence-electron chi connectivity index (χ3n) is 11.0. The molecule has 0 aliphatic rings. The molecule has 11 rings (SSSR count). The van der Waals surface area contributed by atoms with Crippen LogP contribution in [0.2, 0.25) is 0 Å². The summed E-state index contributed by atoms with van der Waals surface area (Å²) >= 11 is 0. The lowest BCUT2D eigenvalue weighted by Crippen LogP contribution is -2.11. The fourth-order valence-electron chi connectivity index (χ4n) is 8.54. The maximum absolute atomic E-state index is 6.43. The summed E-state index contributed by atoms with van der Waals surface area (Å²) in [5.74, 6) is 0. The van der Waals surface area contributed by atoms with E-state index in [4.69, 9.17) is 4.42 Å². The number of fused-ring (bicyclic) bond motifs is 7. The second-order valence-corrected chi connectivity index (χ2v) is 14.1. The van der Waals surface area contributed by atoms with Gasteiger partial charge in [0.15, 0.2) is 0 Å². The molecule has 0 amide bonds. The summed E-state index contributed by atoms with van der Waals surface area (Å²) in [5.41, 5.74) is 13.2. The van der Waals surface area contributed by atoms with E-state index in [1.807, 2.05) is 12.1 Å². The molecule has 2 heterocycles. The quantitative estimate of drug-likeness (QED) is 0.172. The van der Waals surface area contributed by atoms with Gasteiger partial charge < -0.3 is 13.9 Å². The summed E-state index contributed by atoms with van der Waals surface area (Å²) in [6.45, 7) is 0. The van der Waals surface area contributed by atoms with Crippen molar-refractivity contribution in [2.45, 2.75) is 0 Å². The van der Waals surface area contributed by atoms with Crippen LogP contribution in [0.15, 0.2) is 211 Å². The predicted molar refractivity (Wildman–Crippen MR) is 231 cm³/mol. The van der Waals surface area contributed by atoms with Crippen molar-refractivity contribution >= 4 is 71.6 Å². The van der Waals surface area contributed by atoms with Crippen LogP contribution in [0, 0.1) is 0 Å². The second-order valence-electron chi connectivity index (χ2n) is 14.1. The lowest BCUT2D eigenvalue weighted by molar-refractivity contribution is 0.669. The molecule has 0 bridgehead atoms. The predicted octanol–water partition coefficient (Wildman–Crippen LogP) is 14.6. The molecule has 0 saturated heterocycles. The molecule has 0 aliphatic heterocycles. The first-order chi connectivity index (χ1) is 27.3. The van der Waals surface area contributed by atoms with Crippen molar-refractivity contribution in [3.63, 3.8) is 0 Å². The summed E-state index contributed by atoms with van der Waals surface area (Å²) < 4.78 is 8.84. The SMILES string of the molecule is c1ccc(-c2ccccc2N(c2ccc(-c3c4ccccc4cc4c3c3ccccc3n4-c3ccccc3)cc2)c2ccc3c(c2)oc2ccccc23)cc1. The van der Waals surface area contributed by atoms with E-state index in [0.29, 0.717) is 0 Å². The van der Waals surface area contributed by atoms with Crippen LogP contribution in [0.25, 0.3) is 82.5 Å². The normalized spacial score (nSPS) is 11.6. The molecule has 2 aromatic heterocycles. The molecular formula is C52H34N2O.